The number of nitrogens with zero attached hydrogens (tertiary/aromatic N) is 1. The van der Waals surface area contributed by atoms with Crippen molar-refractivity contribution in [2.45, 2.75) is 26.7 Å². The molecule has 0 bridgehead atoms. The van der Waals surface area contributed by atoms with E-state index in [1.165, 1.54) is 0 Å². The van der Waals surface area contributed by atoms with E-state index >= 15 is 0 Å². The molecule has 0 aliphatic carbocycles. The quantitative estimate of drug-likeness (QED) is 0.513. The van der Waals surface area contributed by atoms with Crippen molar-refractivity contribution >= 4 is 33.6 Å². The van der Waals surface area contributed by atoms with Crippen molar-refractivity contribution in [3.63, 3.8) is 0 Å². The molecule has 0 radical (unpaired) electrons. The van der Waals surface area contributed by atoms with E-state index in [0.29, 0.717) is 23.7 Å². The van der Waals surface area contributed by atoms with Crippen molar-refractivity contribution in [2.75, 3.05) is 18.5 Å². The molecule has 0 spiro atoms. The minimum absolute atomic E-state index is 0.156. The minimum Gasteiger partial charge on any atom is -0.484 e. The molecule has 0 atom stereocenters. The number of hydrogen-bond donors (Lipinski definition) is 1. The average Bonchev–Trinajstić information content (AvgIpc) is 2.63. The molecule has 26 heavy (non-hydrogen) atoms. The van der Waals surface area contributed by atoms with Gasteiger partial charge in [0.15, 0.2) is 6.61 Å². The Morgan fingerprint density at radius 1 is 1.23 bits per heavy atom. The van der Waals surface area contributed by atoms with Crippen molar-refractivity contribution in [1.29, 1.82) is 0 Å². The van der Waals surface area contributed by atoms with Crippen LogP contribution in [0.15, 0.2) is 41.0 Å². The molecule has 0 saturated carbocycles. The summed E-state index contributed by atoms with van der Waals surface area (Å²) in [5.74, 6) is 0.274. The summed E-state index contributed by atoms with van der Waals surface area (Å²) in [5.41, 5.74) is 1.42. The third-order valence-electron chi connectivity index (χ3n) is 3.51. The van der Waals surface area contributed by atoms with E-state index in [2.05, 4.69) is 26.2 Å². The second-order valence-corrected chi connectivity index (χ2v) is 6.52. The lowest BCUT2D eigenvalue weighted by atomic mass is 10.2. The lowest BCUT2D eigenvalue weighted by molar-refractivity contribution is -0.118. The van der Waals surface area contributed by atoms with Gasteiger partial charge in [-0.1, -0.05) is 13.3 Å². The maximum Gasteiger partial charge on any atom is 0.338 e. The molecule has 7 heteroatoms. The lowest BCUT2D eigenvalue weighted by Crippen LogP contribution is -2.20. The summed E-state index contributed by atoms with van der Waals surface area (Å²) < 4.78 is 11.4. The van der Waals surface area contributed by atoms with E-state index < -0.39 is 0 Å². The second-order valence-electron chi connectivity index (χ2n) is 5.67. The molecular formula is C19H21BrN2O4. The number of amides is 1. The van der Waals surface area contributed by atoms with Gasteiger partial charge in [0.05, 0.1) is 12.2 Å². The van der Waals surface area contributed by atoms with E-state index in [1.54, 1.807) is 36.5 Å². The molecule has 0 saturated heterocycles. The molecule has 0 aliphatic heterocycles. The van der Waals surface area contributed by atoms with Crippen LogP contribution in [0, 0.1) is 6.92 Å². The van der Waals surface area contributed by atoms with Crippen LogP contribution in [0.4, 0.5) is 5.82 Å². The Hall–Kier alpha value is -2.41. The second kappa shape index (κ2) is 9.91. The van der Waals surface area contributed by atoms with Gasteiger partial charge in [0.25, 0.3) is 5.91 Å². The number of anilines is 1. The largest absolute Gasteiger partial charge is 0.484 e. The summed E-state index contributed by atoms with van der Waals surface area (Å²) in [7, 11) is 0. The van der Waals surface area contributed by atoms with Crippen LogP contribution >= 0.6 is 15.9 Å². The van der Waals surface area contributed by atoms with Gasteiger partial charge in [0, 0.05) is 10.7 Å². The SMILES string of the molecule is CCCCOC(=O)c1ccc(OCC(=O)Nc2cc(C)c(Br)cn2)cc1. The van der Waals surface area contributed by atoms with E-state index in [0.717, 1.165) is 22.9 Å². The monoisotopic (exact) mass is 420 g/mol. The Kier molecular flexibility index (Phi) is 7.59. The predicted molar refractivity (Wildman–Crippen MR) is 102 cm³/mol. The normalized spacial score (nSPS) is 10.3. The molecule has 0 aliphatic rings. The van der Waals surface area contributed by atoms with Crippen LogP contribution in [0.1, 0.15) is 35.7 Å². The Bertz CT molecular complexity index is 763. The van der Waals surface area contributed by atoms with Gasteiger partial charge in [0.2, 0.25) is 0 Å². The fourth-order valence-electron chi connectivity index (χ4n) is 2.02. The standard InChI is InChI=1S/C19H21BrN2O4/c1-3-4-9-25-19(24)14-5-7-15(8-6-14)26-12-18(23)22-17-10-13(2)16(20)11-21-17/h5-8,10-11H,3-4,9,12H2,1-2H3,(H,21,22,23). The fourth-order valence-corrected chi connectivity index (χ4v) is 2.23. The molecule has 1 N–H and O–H groups in total. The van der Waals surface area contributed by atoms with Crippen molar-refractivity contribution < 1.29 is 19.1 Å². The maximum atomic E-state index is 11.9. The number of benzene rings is 1. The third-order valence-corrected chi connectivity index (χ3v) is 4.34. The van der Waals surface area contributed by atoms with Gasteiger partial charge >= 0.3 is 5.97 Å². The number of rotatable bonds is 8. The summed E-state index contributed by atoms with van der Waals surface area (Å²) in [5, 5.41) is 2.67. The Morgan fingerprint density at radius 2 is 1.96 bits per heavy atom. The maximum absolute atomic E-state index is 11.9. The first-order chi connectivity index (χ1) is 12.5. The fraction of sp³-hybridized carbons (Fsp3) is 0.316. The van der Waals surface area contributed by atoms with Crippen molar-refractivity contribution in [3.8, 4) is 5.75 Å². The van der Waals surface area contributed by atoms with E-state index in [9.17, 15) is 9.59 Å². The van der Waals surface area contributed by atoms with Crippen molar-refractivity contribution in [3.05, 3.63) is 52.1 Å². The number of ether oxygens (including phenoxy) is 2. The first kappa shape index (κ1) is 19.9. The van der Waals surface area contributed by atoms with Gasteiger partial charge in [0.1, 0.15) is 11.6 Å². The predicted octanol–water partition coefficient (Wildman–Crippen LogP) is 4.13. The summed E-state index contributed by atoms with van der Waals surface area (Å²) >= 11 is 3.36. The van der Waals surface area contributed by atoms with Crippen molar-refractivity contribution in [2.24, 2.45) is 0 Å². The Morgan fingerprint density at radius 3 is 2.62 bits per heavy atom. The zero-order valence-corrected chi connectivity index (χ0v) is 16.3. The van der Waals surface area contributed by atoms with Crippen LogP contribution in [-0.4, -0.2) is 30.1 Å². The average molecular weight is 421 g/mol. The minimum atomic E-state index is -0.362. The van der Waals surface area contributed by atoms with E-state index in [4.69, 9.17) is 9.47 Å². The van der Waals surface area contributed by atoms with Crippen LogP contribution in [0.3, 0.4) is 0 Å². The number of aryl methyl sites for hydroxylation is 1. The molecule has 0 fully saturated rings. The molecule has 2 rings (SSSR count). The smallest absolute Gasteiger partial charge is 0.338 e. The number of nitrogens with one attached hydrogen (secondary N) is 1. The molecule has 6 nitrogen and oxygen atoms in total. The highest BCUT2D eigenvalue weighted by atomic mass is 79.9. The Labute approximate surface area is 161 Å². The van der Waals surface area contributed by atoms with Crippen LogP contribution < -0.4 is 10.1 Å². The number of unbranched alkanes of at least 4 members (excludes halogenated alkanes) is 1. The van der Waals surface area contributed by atoms with Gasteiger partial charge in [-0.2, -0.15) is 0 Å². The molecular weight excluding hydrogens is 400 g/mol. The third kappa shape index (κ3) is 6.15. The first-order valence-corrected chi connectivity index (χ1v) is 9.11. The van der Waals surface area contributed by atoms with Gasteiger partial charge in [-0.25, -0.2) is 9.78 Å². The van der Waals surface area contributed by atoms with Gasteiger partial charge < -0.3 is 14.8 Å². The van der Waals surface area contributed by atoms with Gasteiger partial charge in [-0.05, 0) is 65.2 Å². The highest BCUT2D eigenvalue weighted by molar-refractivity contribution is 9.10. The van der Waals surface area contributed by atoms with Crippen molar-refractivity contribution in [1.82, 2.24) is 4.98 Å². The molecule has 1 aromatic heterocycles. The molecule has 2 aromatic rings. The summed E-state index contributed by atoms with van der Waals surface area (Å²) in [4.78, 5) is 27.9. The van der Waals surface area contributed by atoms with Crippen LogP contribution in [-0.2, 0) is 9.53 Å². The molecule has 1 heterocycles. The zero-order chi connectivity index (χ0) is 18.9. The van der Waals surface area contributed by atoms with Gasteiger partial charge in [-0.3, -0.25) is 4.79 Å². The number of pyridine rings is 1. The highest BCUT2D eigenvalue weighted by Gasteiger charge is 2.09. The molecule has 1 aromatic carbocycles. The molecule has 0 unspecified atom stereocenters. The summed E-state index contributed by atoms with van der Waals surface area (Å²) in [6, 6.07) is 8.25. The van der Waals surface area contributed by atoms with E-state index in [1.807, 2.05) is 13.8 Å². The molecule has 1 amide bonds. The van der Waals surface area contributed by atoms with E-state index in [-0.39, 0.29) is 18.5 Å². The summed E-state index contributed by atoms with van der Waals surface area (Å²) in [6.07, 6.45) is 3.44. The van der Waals surface area contributed by atoms with Crippen LogP contribution in [0.2, 0.25) is 0 Å². The number of halogens is 1. The lowest BCUT2D eigenvalue weighted by Gasteiger charge is -2.09. The van der Waals surface area contributed by atoms with Gasteiger partial charge in [-0.15, -0.1) is 0 Å². The van der Waals surface area contributed by atoms with Crippen LogP contribution in [0.5, 0.6) is 5.75 Å². The van der Waals surface area contributed by atoms with Crippen LogP contribution in [0.25, 0.3) is 0 Å². The topological polar surface area (TPSA) is 77.5 Å². The number of carbonyl (C=O) groups excluding carboxylic acids is 2. The number of aromatic nitrogens is 1. The first-order valence-electron chi connectivity index (χ1n) is 8.31. The highest BCUT2D eigenvalue weighted by Crippen LogP contribution is 2.17. The number of hydrogen-bond acceptors (Lipinski definition) is 5. The zero-order valence-electron chi connectivity index (χ0n) is 14.8. The number of esters is 1. The Balaban J connectivity index is 1.82. The summed E-state index contributed by atoms with van der Waals surface area (Å²) in [6.45, 7) is 4.20. The number of carbonyl (C=O) groups is 2. The molecule has 138 valence electrons.